The van der Waals surface area contributed by atoms with Gasteiger partial charge >= 0.3 is 12.1 Å². The summed E-state index contributed by atoms with van der Waals surface area (Å²) in [6, 6.07) is 2.92. The van der Waals surface area contributed by atoms with E-state index in [0.717, 1.165) is 16.4 Å². The van der Waals surface area contributed by atoms with Crippen molar-refractivity contribution < 1.29 is 40.8 Å². The Hall–Kier alpha value is -2.12. The van der Waals surface area contributed by atoms with E-state index in [1.54, 1.807) is 0 Å². The van der Waals surface area contributed by atoms with Gasteiger partial charge < -0.3 is 9.26 Å². The number of hydrogen-bond donors (Lipinski definition) is 0. The average Bonchev–Trinajstić information content (AvgIpc) is 3.24. The Morgan fingerprint density at radius 1 is 1.37 bits per heavy atom. The minimum absolute atomic E-state index is 0.0755. The van der Waals surface area contributed by atoms with Gasteiger partial charge in [-0.3, -0.25) is 9.63 Å². The van der Waals surface area contributed by atoms with Crippen molar-refractivity contribution in [3.05, 3.63) is 22.9 Å². The van der Waals surface area contributed by atoms with E-state index in [1.165, 1.54) is 19.2 Å². The molecule has 0 radical (unpaired) electrons. The lowest BCUT2D eigenvalue weighted by molar-refractivity contribution is -0.202. The number of methoxy groups -OCH3 is 1. The number of thiophene rings is 1. The molecule has 0 aromatic carbocycles. The minimum atomic E-state index is -4.76. The van der Waals surface area contributed by atoms with Gasteiger partial charge in [0.25, 0.3) is 6.43 Å². The van der Waals surface area contributed by atoms with Gasteiger partial charge in [0.2, 0.25) is 11.7 Å². The van der Waals surface area contributed by atoms with Crippen LogP contribution in [0.25, 0.3) is 10.7 Å². The fraction of sp³-hybridized carbons (Fsp3) is 0.500. The standard InChI is InChI=1S/C14H14F5N3O4S/c1-24-5-4-11(23)22(25-7-10(15)16)6-8-2-3-9(27-8)12-20-13(26-21-12)14(17,18)19/h2-3,10H,4-7H2,1H3. The lowest BCUT2D eigenvalue weighted by Gasteiger charge is -2.21. The zero-order chi connectivity index (χ0) is 20.0. The number of carbonyl (C=O) groups is 1. The Labute approximate surface area is 153 Å². The number of carbonyl (C=O) groups excluding carboxylic acids is 1. The predicted molar refractivity (Wildman–Crippen MR) is 81.6 cm³/mol. The zero-order valence-corrected chi connectivity index (χ0v) is 14.6. The smallest absolute Gasteiger partial charge is 0.384 e. The first-order valence-electron chi connectivity index (χ1n) is 7.41. The number of halogens is 5. The zero-order valence-electron chi connectivity index (χ0n) is 13.8. The quantitative estimate of drug-likeness (QED) is 0.462. The molecule has 0 bridgehead atoms. The van der Waals surface area contributed by atoms with Crippen LogP contribution in [0, 0.1) is 0 Å². The predicted octanol–water partition coefficient (Wildman–Crippen LogP) is 3.38. The van der Waals surface area contributed by atoms with E-state index in [0.29, 0.717) is 4.88 Å². The molecule has 2 rings (SSSR count). The van der Waals surface area contributed by atoms with Gasteiger partial charge in [0.15, 0.2) is 0 Å². The fourth-order valence-electron chi connectivity index (χ4n) is 1.83. The first-order chi connectivity index (χ1) is 12.7. The summed E-state index contributed by atoms with van der Waals surface area (Å²) >= 11 is 0.969. The summed E-state index contributed by atoms with van der Waals surface area (Å²) in [5, 5.41) is 4.02. The van der Waals surface area contributed by atoms with Crippen LogP contribution in [-0.4, -0.2) is 47.9 Å². The number of alkyl halides is 5. The molecule has 7 nitrogen and oxygen atoms in total. The van der Waals surface area contributed by atoms with Crippen LogP contribution in [0.15, 0.2) is 16.7 Å². The molecule has 27 heavy (non-hydrogen) atoms. The molecular formula is C14H14F5N3O4S. The number of hydrogen-bond acceptors (Lipinski definition) is 7. The molecule has 0 N–H and O–H groups in total. The summed E-state index contributed by atoms with van der Waals surface area (Å²) in [5.41, 5.74) is 0. The van der Waals surface area contributed by atoms with Crippen LogP contribution in [0.3, 0.4) is 0 Å². The highest BCUT2D eigenvalue weighted by atomic mass is 32.1. The molecule has 1 amide bonds. The van der Waals surface area contributed by atoms with Crippen molar-refractivity contribution in [1.29, 1.82) is 0 Å². The van der Waals surface area contributed by atoms with Gasteiger partial charge in [-0.25, -0.2) is 13.8 Å². The number of aromatic nitrogens is 2. The summed E-state index contributed by atoms with van der Waals surface area (Å²) in [4.78, 5) is 20.8. The van der Waals surface area contributed by atoms with Crippen LogP contribution in [0.2, 0.25) is 0 Å². The molecule has 13 heteroatoms. The van der Waals surface area contributed by atoms with Crippen molar-refractivity contribution in [2.45, 2.75) is 25.6 Å². The number of nitrogens with zero attached hydrogens (tertiary/aromatic N) is 3. The molecule has 0 unspecified atom stereocenters. The van der Waals surface area contributed by atoms with E-state index >= 15 is 0 Å². The Morgan fingerprint density at radius 3 is 2.70 bits per heavy atom. The van der Waals surface area contributed by atoms with Crippen molar-refractivity contribution in [3.8, 4) is 10.7 Å². The maximum atomic E-state index is 12.5. The number of rotatable bonds is 9. The third-order valence-corrected chi connectivity index (χ3v) is 4.07. The van der Waals surface area contributed by atoms with E-state index in [-0.39, 0.29) is 30.3 Å². The van der Waals surface area contributed by atoms with Crippen molar-refractivity contribution in [3.63, 3.8) is 0 Å². The number of amides is 1. The molecule has 0 spiro atoms. The second kappa shape index (κ2) is 9.19. The van der Waals surface area contributed by atoms with Gasteiger partial charge in [-0.2, -0.15) is 18.2 Å². The van der Waals surface area contributed by atoms with Gasteiger partial charge in [-0.1, -0.05) is 5.16 Å². The second-order valence-corrected chi connectivity index (χ2v) is 6.22. The van der Waals surface area contributed by atoms with E-state index in [1.807, 2.05) is 0 Å². The van der Waals surface area contributed by atoms with Gasteiger partial charge in [0, 0.05) is 12.0 Å². The first kappa shape index (κ1) is 21.2. The molecule has 2 aromatic rings. The molecule has 0 saturated carbocycles. The van der Waals surface area contributed by atoms with Gasteiger partial charge in [0.1, 0.15) is 6.61 Å². The summed E-state index contributed by atoms with van der Waals surface area (Å²) in [6.07, 6.45) is -7.63. The van der Waals surface area contributed by atoms with Crippen LogP contribution >= 0.6 is 11.3 Å². The van der Waals surface area contributed by atoms with E-state index in [4.69, 9.17) is 9.57 Å². The van der Waals surface area contributed by atoms with Crippen LogP contribution in [-0.2, 0) is 27.1 Å². The molecular weight excluding hydrogens is 401 g/mol. The lowest BCUT2D eigenvalue weighted by atomic mass is 10.3. The molecule has 0 saturated heterocycles. The highest BCUT2D eigenvalue weighted by Gasteiger charge is 2.38. The Morgan fingerprint density at radius 2 is 2.11 bits per heavy atom. The van der Waals surface area contributed by atoms with Crippen molar-refractivity contribution in [2.24, 2.45) is 0 Å². The van der Waals surface area contributed by atoms with Gasteiger partial charge in [-0.15, -0.1) is 11.3 Å². The molecule has 0 aliphatic heterocycles. The van der Waals surface area contributed by atoms with Crippen LogP contribution in [0.5, 0.6) is 0 Å². The van der Waals surface area contributed by atoms with E-state index in [9.17, 15) is 26.7 Å². The highest BCUT2D eigenvalue weighted by Crippen LogP contribution is 2.32. The summed E-state index contributed by atoms with van der Waals surface area (Å²) in [7, 11) is 1.38. The monoisotopic (exact) mass is 415 g/mol. The van der Waals surface area contributed by atoms with E-state index < -0.39 is 31.0 Å². The Balaban J connectivity index is 2.09. The average molecular weight is 415 g/mol. The summed E-state index contributed by atoms with van der Waals surface area (Å²) < 4.78 is 71.2. The highest BCUT2D eigenvalue weighted by molar-refractivity contribution is 7.15. The third-order valence-electron chi connectivity index (χ3n) is 3.00. The maximum Gasteiger partial charge on any atom is 0.471 e. The Bertz CT molecular complexity index is 749. The second-order valence-electron chi connectivity index (χ2n) is 5.05. The third kappa shape index (κ3) is 6.22. The Kier molecular flexibility index (Phi) is 7.21. The molecule has 2 heterocycles. The van der Waals surface area contributed by atoms with Crippen molar-refractivity contribution in [1.82, 2.24) is 15.2 Å². The minimum Gasteiger partial charge on any atom is -0.384 e. The van der Waals surface area contributed by atoms with Crippen LogP contribution < -0.4 is 0 Å². The van der Waals surface area contributed by atoms with Crippen LogP contribution in [0.4, 0.5) is 22.0 Å². The lowest BCUT2D eigenvalue weighted by Crippen LogP contribution is -2.32. The first-order valence-corrected chi connectivity index (χ1v) is 8.22. The summed E-state index contributed by atoms with van der Waals surface area (Å²) in [6.45, 7) is -1.08. The van der Waals surface area contributed by atoms with Gasteiger partial charge in [0.05, 0.1) is 24.4 Å². The van der Waals surface area contributed by atoms with Gasteiger partial charge in [-0.05, 0) is 12.1 Å². The fourth-order valence-corrected chi connectivity index (χ4v) is 2.74. The molecule has 2 aromatic heterocycles. The SMILES string of the molecule is COCCC(=O)N(Cc1ccc(-c2noc(C(F)(F)F)n2)s1)OCC(F)F. The number of hydroxylamine groups is 2. The van der Waals surface area contributed by atoms with Crippen LogP contribution in [0.1, 0.15) is 17.2 Å². The van der Waals surface area contributed by atoms with E-state index in [2.05, 4.69) is 14.7 Å². The molecule has 150 valence electrons. The number of ether oxygens (including phenoxy) is 1. The van der Waals surface area contributed by atoms with Crippen molar-refractivity contribution in [2.75, 3.05) is 20.3 Å². The molecule has 0 aliphatic rings. The largest absolute Gasteiger partial charge is 0.471 e. The summed E-state index contributed by atoms with van der Waals surface area (Å²) in [5.74, 6) is -2.33. The molecule has 0 aliphatic carbocycles. The maximum absolute atomic E-state index is 12.5. The normalized spacial score (nSPS) is 12.0. The molecule has 0 fully saturated rings. The molecule has 0 atom stereocenters. The topological polar surface area (TPSA) is 77.7 Å². The van der Waals surface area contributed by atoms with Crippen molar-refractivity contribution >= 4 is 17.2 Å².